The van der Waals surface area contributed by atoms with Gasteiger partial charge in [-0.15, -0.1) is 0 Å². The SMILES string of the molecule is Cc1cccc(C2C(C(=O)c3ccco3)=C(O)C(=O)N2c2ccccc2O)c1. The molecule has 6 heteroatoms. The van der Waals surface area contributed by atoms with Gasteiger partial charge in [0.25, 0.3) is 5.91 Å². The van der Waals surface area contributed by atoms with Crippen LogP contribution < -0.4 is 4.90 Å². The molecule has 1 aliphatic heterocycles. The molecule has 1 amide bonds. The van der Waals surface area contributed by atoms with Crippen LogP contribution in [0.15, 0.2) is 82.7 Å². The number of anilines is 1. The average molecular weight is 375 g/mol. The minimum absolute atomic E-state index is 0.0196. The predicted molar refractivity (Wildman–Crippen MR) is 102 cm³/mol. The second kappa shape index (κ2) is 6.74. The standard InChI is InChI=1S/C22H17NO5/c1-13-6-4-7-14(12-13)19-18(20(25)17-10-5-11-28-17)21(26)22(27)23(19)15-8-2-3-9-16(15)24/h2-12,19,24,26H,1H3. The van der Waals surface area contributed by atoms with E-state index in [1.54, 1.807) is 30.3 Å². The highest BCUT2D eigenvalue weighted by atomic mass is 16.3. The summed E-state index contributed by atoms with van der Waals surface area (Å²) in [5, 5.41) is 20.9. The number of ketones is 1. The van der Waals surface area contributed by atoms with Gasteiger partial charge < -0.3 is 14.6 Å². The highest BCUT2D eigenvalue weighted by Crippen LogP contribution is 2.44. The van der Waals surface area contributed by atoms with Crippen LogP contribution in [0.1, 0.15) is 27.7 Å². The number of Topliss-reactive ketones (excluding diaryl/α,β-unsaturated/α-hetero) is 1. The number of benzene rings is 2. The number of amides is 1. The molecule has 1 atom stereocenters. The van der Waals surface area contributed by atoms with Crippen molar-refractivity contribution in [1.82, 2.24) is 0 Å². The van der Waals surface area contributed by atoms with Gasteiger partial charge in [-0.1, -0.05) is 42.0 Å². The van der Waals surface area contributed by atoms with E-state index in [4.69, 9.17) is 4.42 Å². The Hall–Kier alpha value is -3.80. The van der Waals surface area contributed by atoms with Crippen molar-refractivity contribution in [2.24, 2.45) is 0 Å². The minimum Gasteiger partial charge on any atom is -0.506 e. The Bertz CT molecular complexity index is 1100. The number of aryl methyl sites for hydroxylation is 1. The maximum absolute atomic E-state index is 13.0. The predicted octanol–water partition coefficient (Wildman–Crippen LogP) is 4.08. The van der Waals surface area contributed by atoms with Crippen LogP contribution in [0.3, 0.4) is 0 Å². The molecule has 6 nitrogen and oxygen atoms in total. The Kier molecular flexibility index (Phi) is 4.24. The van der Waals surface area contributed by atoms with E-state index in [1.165, 1.54) is 23.3 Å². The second-order valence-corrected chi connectivity index (χ2v) is 6.55. The number of phenols is 1. The van der Waals surface area contributed by atoms with Crippen molar-refractivity contribution in [3.8, 4) is 5.75 Å². The lowest BCUT2D eigenvalue weighted by molar-refractivity contribution is -0.117. The number of aliphatic hydroxyl groups is 1. The molecule has 4 rings (SSSR count). The van der Waals surface area contributed by atoms with E-state index in [2.05, 4.69) is 0 Å². The van der Waals surface area contributed by atoms with E-state index in [1.807, 2.05) is 25.1 Å². The van der Waals surface area contributed by atoms with E-state index < -0.39 is 23.5 Å². The number of nitrogens with zero attached hydrogens (tertiary/aromatic N) is 1. The van der Waals surface area contributed by atoms with Crippen LogP contribution in [0.4, 0.5) is 5.69 Å². The van der Waals surface area contributed by atoms with Gasteiger partial charge in [0.15, 0.2) is 11.5 Å². The lowest BCUT2D eigenvalue weighted by Crippen LogP contribution is -2.31. The van der Waals surface area contributed by atoms with Gasteiger partial charge in [-0.3, -0.25) is 14.5 Å². The Labute approximate surface area is 161 Å². The van der Waals surface area contributed by atoms with Crippen molar-refractivity contribution in [2.75, 3.05) is 4.90 Å². The van der Waals surface area contributed by atoms with Gasteiger partial charge in [-0.25, -0.2) is 0 Å². The van der Waals surface area contributed by atoms with Gasteiger partial charge in [-0.2, -0.15) is 0 Å². The molecule has 0 saturated carbocycles. The summed E-state index contributed by atoms with van der Waals surface area (Å²) in [6.07, 6.45) is 1.35. The quantitative estimate of drug-likeness (QED) is 0.671. The van der Waals surface area contributed by atoms with Gasteiger partial charge in [-0.05, 0) is 36.8 Å². The molecule has 3 aromatic rings. The molecule has 140 valence electrons. The number of furan rings is 1. The highest BCUT2D eigenvalue weighted by molar-refractivity contribution is 6.20. The number of hydrogen-bond donors (Lipinski definition) is 2. The number of hydrogen-bond acceptors (Lipinski definition) is 5. The van der Waals surface area contributed by atoms with E-state index in [0.29, 0.717) is 5.56 Å². The lowest BCUT2D eigenvalue weighted by Gasteiger charge is -2.27. The van der Waals surface area contributed by atoms with Crippen LogP contribution in [-0.2, 0) is 4.79 Å². The number of para-hydroxylation sites is 2. The highest BCUT2D eigenvalue weighted by Gasteiger charge is 2.45. The summed E-state index contributed by atoms with van der Waals surface area (Å²) in [6.45, 7) is 1.89. The second-order valence-electron chi connectivity index (χ2n) is 6.55. The van der Waals surface area contributed by atoms with Crippen molar-refractivity contribution in [2.45, 2.75) is 13.0 Å². The molecular weight excluding hydrogens is 358 g/mol. The summed E-state index contributed by atoms with van der Waals surface area (Å²) in [5.41, 5.74) is 1.68. The molecule has 1 unspecified atom stereocenters. The van der Waals surface area contributed by atoms with Crippen molar-refractivity contribution < 1.29 is 24.2 Å². The Morgan fingerprint density at radius 3 is 2.50 bits per heavy atom. The minimum atomic E-state index is -0.904. The monoisotopic (exact) mass is 375 g/mol. The first-order valence-corrected chi connectivity index (χ1v) is 8.68. The van der Waals surface area contributed by atoms with Gasteiger partial charge in [0.1, 0.15) is 5.75 Å². The number of aliphatic hydroxyl groups excluding tert-OH is 1. The molecular formula is C22H17NO5. The number of phenolic OH excluding ortho intramolecular Hbond substituents is 1. The third-order valence-electron chi connectivity index (χ3n) is 4.70. The van der Waals surface area contributed by atoms with Gasteiger partial charge in [0, 0.05) is 0 Å². The summed E-state index contributed by atoms with van der Waals surface area (Å²) in [4.78, 5) is 27.2. The summed E-state index contributed by atoms with van der Waals surface area (Å²) in [5.74, 6) is -2.11. The summed E-state index contributed by atoms with van der Waals surface area (Å²) in [7, 11) is 0. The molecule has 0 radical (unpaired) electrons. The number of carbonyl (C=O) groups excluding carboxylic acids is 2. The lowest BCUT2D eigenvalue weighted by atomic mass is 9.94. The zero-order chi connectivity index (χ0) is 19.8. The third kappa shape index (κ3) is 2.75. The summed E-state index contributed by atoms with van der Waals surface area (Å²) in [6, 6.07) is 15.7. The fraction of sp³-hybridized carbons (Fsp3) is 0.0909. The Morgan fingerprint density at radius 1 is 1.04 bits per heavy atom. The van der Waals surface area contributed by atoms with E-state index in [-0.39, 0.29) is 22.8 Å². The first-order chi connectivity index (χ1) is 13.5. The molecule has 2 N–H and O–H groups in total. The zero-order valence-electron chi connectivity index (χ0n) is 15.0. The largest absolute Gasteiger partial charge is 0.506 e. The summed E-state index contributed by atoms with van der Waals surface area (Å²) < 4.78 is 5.19. The first-order valence-electron chi connectivity index (χ1n) is 8.68. The molecule has 0 spiro atoms. The van der Waals surface area contributed by atoms with Crippen LogP contribution >= 0.6 is 0 Å². The molecule has 28 heavy (non-hydrogen) atoms. The number of aromatic hydroxyl groups is 1. The first kappa shape index (κ1) is 17.6. The van der Waals surface area contributed by atoms with Gasteiger partial charge in [0.05, 0.1) is 23.6 Å². The van der Waals surface area contributed by atoms with Crippen LogP contribution in [0, 0.1) is 6.92 Å². The van der Waals surface area contributed by atoms with Crippen molar-refractivity contribution in [3.05, 3.63) is 95.1 Å². The Balaban J connectivity index is 1.92. The average Bonchev–Trinajstić information content (AvgIpc) is 3.30. The molecule has 1 aliphatic rings. The maximum Gasteiger partial charge on any atom is 0.294 e. The smallest absolute Gasteiger partial charge is 0.294 e. The van der Waals surface area contributed by atoms with Crippen LogP contribution in [0.25, 0.3) is 0 Å². The molecule has 0 fully saturated rings. The van der Waals surface area contributed by atoms with Crippen molar-refractivity contribution >= 4 is 17.4 Å². The van der Waals surface area contributed by atoms with E-state index >= 15 is 0 Å². The fourth-order valence-corrected chi connectivity index (χ4v) is 3.45. The normalized spacial score (nSPS) is 16.7. The van der Waals surface area contributed by atoms with Crippen LogP contribution in [-0.4, -0.2) is 21.9 Å². The molecule has 2 aromatic carbocycles. The Morgan fingerprint density at radius 2 is 1.82 bits per heavy atom. The van der Waals surface area contributed by atoms with Gasteiger partial charge >= 0.3 is 0 Å². The van der Waals surface area contributed by atoms with E-state index in [0.717, 1.165) is 5.56 Å². The van der Waals surface area contributed by atoms with Crippen LogP contribution in [0.5, 0.6) is 5.75 Å². The maximum atomic E-state index is 13.0. The number of carbonyl (C=O) groups is 2. The van der Waals surface area contributed by atoms with Gasteiger partial charge in [0.2, 0.25) is 5.78 Å². The molecule has 2 heterocycles. The molecule has 0 bridgehead atoms. The van der Waals surface area contributed by atoms with Crippen molar-refractivity contribution in [3.63, 3.8) is 0 Å². The molecule has 0 saturated heterocycles. The molecule has 0 aliphatic carbocycles. The number of rotatable bonds is 4. The fourth-order valence-electron chi connectivity index (χ4n) is 3.45. The summed E-state index contributed by atoms with van der Waals surface area (Å²) >= 11 is 0. The zero-order valence-corrected chi connectivity index (χ0v) is 15.0. The molecule has 1 aromatic heterocycles. The van der Waals surface area contributed by atoms with E-state index in [9.17, 15) is 19.8 Å². The topological polar surface area (TPSA) is 91.0 Å². The van der Waals surface area contributed by atoms with Crippen LogP contribution in [0.2, 0.25) is 0 Å². The third-order valence-corrected chi connectivity index (χ3v) is 4.70. The van der Waals surface area contributed by atoms with Crippen molar-refractivity contribution in [1.29, 1.82) is 0 Å².